The van der Waals surface area contributed by atoms with E-state index in [1.54, 1.807) is 0 Å². The Bertz CT molecular complexity index is 757. The van der Waals surface area contributed by atoms with Crippen LogP contribution < -0.4 is 9.47 Å². The second-order valence-electron chi connectivity index (χ2n) is 7.20. The van der Waals surface area contributed by atoms with Crippen LogP contribution in [0.15, 0.2) is 24.3 Å². The average Bonchev–Trinajstić information content (AvgIpc) is 3.13. The number of rotatable bonds is 4. The quantitative estimate of drug-likeness (QED) is 0.857. The zero-order valence-electron chi connectivity index (χ0n) is 15.2. The number of aryl methyl sites for hydroxylation is 2. The molecule has 4 rings (SSSR count). The summed E-state index contributed by atoms with van der Waals surface area (Å²) in [5.74, 6) is 1.74. The van der Waals surface area contributed by atoms with Crippen molar-refractivity contribution >= 4 is 0 Å². The van der Waals surface area contributed by atoms with Crippen LogP contribution in [0.25, 0.3) is 0 Å². The highest BCUT2D eigenvalue weighted by Crippen LogP contribution is 2.27. The molecule has 5 nitrogen and oxygen atoms in total. The molecule has 1 saturated heterocycles. The first-order chi connectivity index (χ1) is 12.1. The first-order valence-corrected chi connectivity index (χ1v) is 9.04. The van der Waals surface area contributed by atoms with Crippen molar-refractivity contribution in [3.63, 3.8) is 0 Å². The number of fused-ring (bicyclic) bond motifs is 1. The summed E-state index contributed by atoms with van der Waals surface area (Å²) in [6.45, 7) is 8.78. The Labute approximate surface area is 149 Å². The molecule has 1 fully saturated rings. The molecule has 25 heavy (non-hydrogen) atoms. The van der Waals surface area contributed by atoms with E-state index in [1.165, 1.54) is 5.56 Å². The lowest BCUT2D eigenvalue weighted by atomic mass is 10.2. The Morgan fingerprint density at radius 3 is 2.80 bits per heavy atom. The number of ether oxygens (including phenoxy) is 2. The van der Waals surface area contributed by atoms with Gasteiger partial charge in [0, 0.05) is 61.1 Å². The lowest BCUT2D eigenvalue weighted by Gasteiger charge is -2.20. The Balaban J connectivity index is 1.41. The highest BCUT2D eigenvalue weighted by atomic mass is 16.5. The fourth-order valence-corrected chi connectivity index (χ4v) is 3.78. The zero-order valence-corrected chi connectivity index (χ0v) is 15.2. The molecule has 2 aliphatic rings. The third-order valence-electron chi connectivity index (χ3n) is 5.00. The summed E-state index contributed by atoms with van der Waals surface area (Å²) in [6.07, 6.45) is 2.22. The van der Waals surface area contributed by atoms with Crippen LogP contribution in [0.1, 0.15) is 36.0 Å². The number of nitrogens with zero attached hydrogens (tertiary/aromatic N) is 3. The van der Waals surface area contributed by atoms with E-state index in [2.05, 4.69) is 33.9 Å². The first kappa shape index (κ1) is 16.3. The molecular formula is C20H25N3O2. The second kappa shape index (κ2) is 6.64. The van der Waals surface area contributed by atoms with Gasteiger partial charge in [0.15, 0.2) is 0 Å². The number of likely N-dealkylation sites (tertiary alicyclic amines) is 1. The fraction of sp³-hybridized carbons (Fsp3) is 0.500. The Kier molecular flexibility index (Phi) is 4.34. The van der Waals surface area contributed by atoms with E-state index in [0.717, 1.165) is 61.2 Å². The van der Waals surface area contributed by atoms with Gasteiger partial charge in [-0.05, 0) is 26.8 Å². The minimum Gasteiger partial charge on any atom is -0.489 e. The van der Waals surface area contributed by atoms with E-state index in [0.29, 0.717) is 6.04 Å². The number of hydrogen-bond acceptors (Lipinski definition) is 5. The van der Waals surface area contributed by atoms with Gasteiger partial charge < -0.3 is 9.47 Å². The Morgan fingerprint density at radius 1 is 1.20 bits per heavy atom. The molecule has 0 aliphatic carbocycles. The van der Waals surface area contributed by atoms with Crippen LogP contribution in [0.5, 0.6) is 11.6 Å². The van der Waals surface area contributed by atoms with Crippen LogP contribution >= 0.6 is 0 Å². The number of hydrogen-bond donors (Lipinski definition) is 0. The van der Waals surface area contributed by atoms with Crippen LogP contribution in [0.4, 0.5) is 0 Å². The molecule has 0 unspecified atom stereocenters. The largest absolute Gasteiger partial charge is 0.489 e. The van der Waals surface area contributed by atoms with Gasteiger partial charge >= 0.3 is 0 Å². The molecule has 2 aromatic heterocycles. The van der Waals surface area contributed by atoms with Gasteiger partial charge in [0.1, 0.15) is 11.9 Å². The smallest absolute Gasteiger partial charge is 0.216 e. The maximum absolute atomic E-state index is 6.22. The highest BCUT2D eigenvalue weighted by molar-refractivity contribution is 5.31. The minimum absolute atomic E-state index is 0.210. The van der Waals surface area contributed by atoms with Crippen molar-refractivity contribution in [1.29, 1.82) is 0 Å². The SMILES string of the molecule is Cc1cc(O[C@@H]2C[C@H](C)N(Cc3ccc4c(n3)OCC4)C2)cc(C)n1. The van der Waals surface area contributed by atoms with Crippen molar-refractivity contribution < 1.29 is 9.47 Å². The Morgan fingerprint density at radius 2 is 2.00 bits per heavy atom. The maximum Gasteiger partial charge on any atom is 0.216 e. The molecule has 4 heterocycles. The summed E-state index contributed by atoms with van der Waals surface area (Å²) < 4.78 is 11.8. The van der Waals surface area contributed by atoms with Crippen molar-refractivity contribution in [3.8, 4) is 11.6 Å². The predicted octanol–water partition coefficient (Wildman–Crippen LogP) is 3.07. The van der Waals surface area contributed by atoms with Crippen LogP contribution in [0.3, 0.4) is 0 Å². The van der Waals surface area contributed by atoms with Crippen LogP contribution in [0.2, 0.25) is 0 Å². The summed E-state index contributed by atoms with van der Waals surface area (Å²) in [4.78, 5) is 11.5. The standard InChI is InChI=1S/C20H25N3O2/c1-13-8-18(9-14(2)21-13)25-19-10-15(3)23(12-19)11-17-5-4-16-6-7-24-20(16)22-17/h4-5,8-9,15,19H,6-7,10-12H2,1-3H3/t15-,19+/m0/s1. The third kappa shape index (κ3) is 3.61. The molecule has 2 aromatic rings. The maximum atomic E-state index is 6.22. The van der Waals surface area contributed by atoms with Gasteiger partial charge in [-0.15, -0.1) is 0 Å². The lowest BCUT2D eigenvalue weighted by molar-refractivity contribution is 0.193. The molecular weight excluding hydrogens is 314 g/mol. The minimum atomic E-state index is 0.210. The van der Waals surface area contributed by atoms with E-state index < -0.39 is 0 Å². The van der Waals surface area contributed by atoms with E-state index >= 15 is 0 Å². The summed E-state index contributed by atoms with van der Waals surface area (Å²) in [7, 11) is 0. The molecule has 0 spiro atoms. The Hall–Kier alpha value is -2.14. The normalized spacial score (nSPS) is 22.7. The molecule has 0 amide bonds. The summed E-state index contributed by atoms with van der Waals surface area (Å²) in [5.41, 5.74) is 4.30. The molecule has 0 N–H and O–H groups in total. The van der Waals surface area contributed by atoms with E-state index in [9.17, 15) is 0 Å². The summed E-state index contributed by atoms with van der Waals surface area (Å²) in [6, 6.07) is 8.79. The van der Waals surface area contributed by atoms with Crippen molar-refractivity contribution in [3.05, 3.63) is 46.9 Å². The van der Waals surface area contributed by atoms with Crippen molar-refractivity contribution in [2.45, 2.75) is 52.3 Å². The van der Waals surface area contributed by atoms with Crippen LogP contribution in [-0.2, 0) is 13.0 Å². The van der Waals surface area contributed by atoms with Gasteiger partial charge in [-0.1, -0.05) is 6.07 Å². The highest BCUT2D eigenvalue weighted by Gasteiger charge is 2.31. The van der Waals surface area contributed by atoms with Gasteiger partial charge in [0.05, 0.1) is 12.3 Å². The second-order valence-corrected chi connectivity index (χ2v) is 7.20. The van der Waals surface area contributed by atoms with Gasteiger partial charge in [-0.2, -0.15) is 0 Å². The summed E-state index contributed by atoms with van der Waals surface area (Å²) in [5, 5.41) is 0. The van der Waals surface area contributed by atoms with Crippen molar-refractivity contribution in [2.75, 3.05) is 13.2 Å². The molecule has 0 aromatic carbocycles. The fourth-order valence-electron chi connectivity index (χ4n) is 3.78. The van der Waals surface area contributed by atoms with E-state index in [-0.39, 0.29) is 6.10 Å². The van der Waals surface area contributed by atoms with Gasteiger partial charge in [0.2, 0.25) is 5.88 Å². The molecule has 0 radical (unpaired) electrons. The van der Waals surface area contributed by atoms with Gasteiger partial charge in [0.25, 0.3) is 0 Å². The molecule has 2 aliphatic heterocycles. The molecule has 2 atom stereocenters. The average molecular weight is 339 g/mol. The summed E-state index contributed by atoms with van der Waals surface area (Å²) >= 11 is 0. The third-order valence-corrected chi connectivity index (χ3v) is 5.00. The van der Waals surface area contributed by atoms with Crippen molar-refractivity contribution in [1.82, 2.24) is 14.9 Å². The van der Waals surface area contributed by atoms with Gasteiger partial charge in [-0.25, -0.2) is 4.98 Å². The number of pyridine rings is 2. The lowest BCUT2D eigenvalue weighted by Crippen LogP contribution is -2.28. The molecule has 0 bridgehead atoms. The topological polar surface area (TPSA) is 47.5 Å². The molecule has 0 saturated carbocycles. The monoisotopic (exact) mass is 339 g/mol. The first-order valence-electron chi connectivity index (χ1n) is 9.04. The molecule has 5 heteroatoms. The predicted molar refractivity (Wildman–Crippen MR) is 96.1 cm³/mol. The van der Waals surface area contributed by atoms with Crippen molar-refractivity contribution in [2.24, 2.45) is 0 Å². The zero-order chi connectivity index (χ0) is 17.4. The van der Waals surface area contributed by atoms with E-state index in [1.807, 2.05) is 26.0 Å². The van der Waals surface area contributed by atoms with Crippen LogP contribution in [-0.4, -0.2) is 40.2 Å². The van der Waals surface area contributed by atoms with Crippen LogP contribution in [0, 0.1) is 13.8 Å². The number of aromatic nitrogens is 2. The van der Waals surface area contributed by atoms with E-state index in [4.69, 9.17) is 9.47 Å². The molecule has 132 valence electrons. The van der Waals surface area contributed by atoms with Gasteiger partial charge in [-0.3, -0.25) is 9.88 Å².